The summed E-state index contributed by atoms with van der Waals surface area (Å²) in [6.07, 6.45) is 5.96. The summed E-state index contributed by atoms with van der Waals surface area (Å²) in [5.74, 6) is 0.585. The predicted molar refractivity (Wildman–Crippen MR) is 109 cm³/mol. The smallest absolute Gasteiger partial charge is 0.255 e. The number of piperidine rings is 1. The fraction of sp³-hybridized carbons (Fsp3) is 0.364. The molecule has 1 aromatic carbocycles. The van der Waals surface area contributed by atoms with Gasteiger partial charge in [-0.3, -0.25) is 15.6 Å². The maximum absolute atomic E-state index is 13.2. The van der Waals surface area contributed by atoms with E-state index in [0.717, 1.165) is 48.4 Å². The molecule has 3 aromatic rings. The molecule has 3 atom stereocenters. The molecule has 3 unspecified atom stereocenters. The van der Waals surface area contributed by atoms with E-state index >= 15 is 0 Å². The molecule has 5 rings (SSSR count). The van der Waals surface area contributed by atoms with E-state index in [9.17, 15) is 4.79 Å². The molecule has 0 saturated carbocycles. The fourth-order valence-electron chi connectivity index (χ4n) is 4.53. The third kappa shape index (κ3) is 2.99. The highest BCUT2D eigenvalue weighted by atomic mass is 16.2. The van der Waals surface area contributed by atoms with Gasteiger partial charge in [0.1, 0.15) is 5.65 Å². The Balaban J connectivity index is 1.39. The number of fused-ring (bicyclic) bond motifs is 2. The lowest BCUT2D eigenvalue weighted by Crippen LogP contribution is -2.48. The highest BCUT2D eigenvalue weighted by molar-refractivity contribution is 5.94. The third-order valence-electron chi connectivity index (χ3n) is 6.12. The topological polar surface area (TPSA) is 61.7 Å². The summed E-state index contributed by atoms with van der Waals surface area (Å²) in [6.45, 7) is 3.79. The van der Waals surface area contributed by atoms with E-state index < -0.39 is 0 Å². The number of carbonyl (C=O) groups excluding carboxylic acids is 1. The van der Waals surface area contributed by atoms with Gasteiger partial charge in [-0.1, -0.05) is 37.3 Å². The Bertz CT molecular complexity index is 993. The first-order valence-electron chi connectivity index (χ1n) is 10.1. The van der Waals surface area contributed by atoms with Crippen molar-refractivity contribution in [2.45, 2.75) is 31.8 Å². The van der Waals surface area contributed by atoms with Crippen LogP contribution in [0.25, 0.3) is 16.9 Å². The maximum atomic E-state index is 13.2. The number of pyridine rings is 1. The Labute approximate surface area is 164 Å². The number of amides is 1. The molecule has 0 spiro atoms. The molecular weight excluding hydrogens is 350 g/mol. The summed E-state index contributed by atoms with van der Waals surface area (Å²) in [4.78, 5) is 19.8. The first kappa shape index (κ1) is 17.4. The van der Waals surface area contributed by atoms with E-state index in [-0.39, 0.29) is 5.91 Å². The summed E-state index contributed by atoms with van der Waals surface area (Å²) in [5, 5.41) is 0. The summed E-state index contributed by atoms with van der Waals surface area (Å²) in [5.41, 5.74) is 10.4. The number of rotatable bonds is 3. The van der Waals surface area contributed by atoms with Gasteiger partial charge < -0.3 is 9.30 Å². The van der Waals surface area contributed by atoms with Gasteiger partial charge in [0.15, 0.2) is 0 Å². The normalized spacial score (nSPS) is 24.5. The first-order chi connectivity index (χ1) is 13.7. The quantitative estimate of drug-likeness (QED) is 0.739. The minimum absolute atomic E-state index is 0.108. The van der Waals surface area contributed by atoms with Gasteiger partial charge in [-0.05, 0) is 25.0 Å². The Morgan fingerprint density at radius 3 is 2.82 bits per heavy atom. The summed E-state index contributed by atoms with van der Waals surface area (Å²) >= 11 is 0. The van der Waals surface area contributed by atoms with Crippen molar-refractivity contribution >= 4 is 11.6 Å². The molecule has 2 saturated heterocycles. The van der Waals surface area contributed by atoms with Crippen molar-refractivity contribution in [2.24, 2.45) is 5.92 Å². The van der Waals surface area contributed by atoms with Crippen molar-refractivity contribution in [1.29, 1.82) is 0 Å². The molecule has 6 heteroatoms. The standard InChI is InChI=1S/C22H25N5O/c1-2-18-17-13-26(11-10-19(17)25-24-18)22(28)16-8-9-21-23-20(14-27(21)12-16)15-6-4-3-5-7-15/h3-9,12,14,17-19,24-25H,2,10-11,13H2,1H3. The molecule has 144 valence electrons. The average Bonchev–Trinajstić information content (AvgIpc) is 3.36. The van der Waals surface area contributed by atoms with Crippen LogP contribution in [-0.4, -0.2) is 45.4 Å². The molecule has 0 bridgehead atoms. The lowest BCUT2D eigenvalue weighted by atomic mass is 9.87. The van der Waals surface area contributed by atoms with Crippen LogP contribution in [0.3, 0.4) is 0 Å². The van der Waals surface area contributed by atoms with E-state index in [0.29, 0.717) is 18.0 Å². The van der Waals surface area contributed by atoms with Crippen LogP contribution >= 0.6 is 0 Å². The van der Waals surface area contributed by atoms with Gasteiger partial charge in [-0.15, -0.1) is 0 Å². The summed E-state index contributed by atoms with van der Waals surface area (Å²) in [6, 6.07) is 14.8. The lowest BCUT2D eigenvalue weighted by Gasteiger charge is -2.36. The van der Waals surface area contributed by atoms with Crippen molar-refractivity contribution in [3.8, 4) is 11.3 Å². The highest BCUT2D eigenvalue weighted by Gasteiger charge is 2.40. The summed E-state index contributed by atoms with van der Waals surface area (Å²) in [7, 11) is 0. The van der Waals surface area contributed by atoms with Gasteiger partial charge >= 0.3 is 0 Å². The number of nitrogens with one attached hydrogen (secondary N) is 2. The number of carbonyl (C=O) groups is 1. The number of imidazole rings is 1. The zero-order chi connectivity index (χ0) is 19.1. The number of likely N-dealkylation sites (tertiary alicyclic amines) is 1. The minimum atomic E-state index is 0.108. The van der Waals surface area contributed by atoms with Crippen LogP contribution in [0.15, 0.2) is 54.9 Å². The largest absolute Gasteiger partial charge is 0.338 e. The van der Waals surface area contributed by atoms with Gasteiger partial charge in [0.2, 0.25) is 0 Å². The Morgan fingerprint density at radius 2 is 2.00 bits per heavy atom. The average molecular weight is 375 g/mol. The number of aromatic nitrogens is 2. The first-order valence-corrected chi connectivity index (χ1v) is 10.1. The van der Waals surface area contributed by atoms with Crippen LogP contribution in [0.1, 0.15) is 30.1 Å². The van der Waals surface area contributed by atoms with Gasteiger partial charge in [-0.25, -0.2) is 4.98 Å². The van der Waals surface area contributed by atoms with Crippen molar-refractivity contribution in [2.75, 3.05) is 13.1 Å². The van der Waals surface area contributed by atoms with Gasteiger partial charge in [0, 0.05) is 49.0 Å². The van der Waals surface area contributed by atoms with Crippen LogP contribution in [0.2, 0.25) is 0 Å². The molecule has 6 nitrogen and oxygen atoms in total. The van der Waals surface area contributed by atoms with Crippen molar-refractivity contribution in [1.82, 2.24) is 25.1 Å². The predicted octanol–water partition coefficient (Wildman–Crippen LogP) is 2.72. The molecular formula is C22H25N5O. The van der Waals surface area contributed by atoms with E-state index in [2.05, 4.69) is 22.8 Å². The maximum Gasteiger partial charge on any atom is 0.255 e. The van der Waals surface area contributed by atoms with Crippen molar-refractivity contribution in [3.63, 3.8) is 0 Å². The van der Waals surface area contributed by atoms with Gasteiger partial charge in [0.05, 0.1) is 11.3 Å². The van der Waals surface area contributed by atoms with Crippen LogP contribution < -0.4 is 10.9 Å². The SMILES string of the molecule is CCC1NNC2CCN(C(=O)c3ccc4nc(-c5ccccc5)cn4c3)CC12. The molecule has 2 aliphatic rings. The zero-order valence-corrected chi connectivity index (χ0v) is 16.0. The molecule has 2 fully saturated rings. The molecule has 28 heavy (non-hydrogen) atoms. The molecule has 2 aliphatic heterocycles. The molecule has 2 N–H and O–H groups in total. The van der Waals surface area contributed by atoms with E-state index in [1.165, 1.54) is 0 Å². The van der Waals surface area contributed by atoms with Crippen LogP contribution in [-0.2, 0) is 0 Å². The van der Waals surface area contributed by atoms with Crippen LogP contribution in [0, 0.1) is 5.92 Å². The minimum Gasteiger partial charge on any atom is -0.338 e. The molecule has 1 amide bonds. The second-order valence-corrected chi connectivity index (χ2v) is 7.79. The fourth-order valence-corrected chi connectivity index (χ4v) is 4.53. The van der Waals surface area contributed by atoms with Crippen molar-refractivity contribution < 1.29 is 4.79 Å². The van der Waals surface area contributed by atoms with E-state index in [1.54, 1.807) is 0 Å². The Morgan fingerprint density at radius 1 is 1.14 bits per heavy atom. The number of hydrazine groups is 1. The van der Waals surface area contributed by atoms with E-state index in [1.807, 2.05) is 64.2 Å². The van der Waals surface area contributed by atoms with Crippen molar-refractivity contribution in [3.05, 3.63) is 60.4 Å². The highest BCUT2D eigenvalue weighted by Crippen LogP contribution is 2.27. The number of benzene rings is 1. The second kappa shape index (κ2) is 7.04. The number of hydrogen-bond donors (Lipinski definition) is 2. The van der Waals surface area contributed by atoms with Gasteiger partial charge in [-0.2, -0.15) is 0 Å². The zero-order valence-electron chi connectivity index (χ0n) is 16.0. The number of nitrogens with zero attached hydrogens (tertiary/aromatic N) is 3. The Hall–Kier alpha value is -2.70. The van der Waals surface area contributed by atoms with Crippen LogP contribution in [0.4, 0.5) is 0 Å². The third-order valence-corrected chi connectivity index (χ3v) is 6.12. The molecule has 4 heterocycles. The van der Waals surface area contributed by atoms with Crippen LogP contribution in [0.5, 0.6) is 0 Å². The molecule has 0 aliphatic carbocycles. The second-order valence-electron chi connectivity index (χ2n) is 7.79. The summed E-state index contributed by atoms with van der Waals surface area (Å²) < 4.78 is 1.95. The molecule has 0 radical (unpaired) electrons. The lowest BCUT2D eigenvalue weighted by molar-refractivity contribution is 0.0651. The van der Waals surface area contributed by atoms with Gasteiger partial charge in [0.25, 0.3) is 5.91 Å². The molecule has 2 aromatic heterocycles. The Kier molecular flexibility index (Phi) is 4.37. The van der Waals surface area contributed by atoms with E-state index in [4.69, 9.17) is 0 Å². The number of hydrogen-bond acceptors (Lipinski definition) is 4. The monoisotopic (exact) mass is 375 g/mol.